The molecule has 0 aromatic carbocycles. The largest absolute Gasteiger partial charge is 0.462 e. The molecule has 41 heteroatoms. The maximum atomic E-state index is 14.2. The fourth-order valence-electron chi connectivity index (χ4n) is 20.2. The minimum atomic E-state index is -1.61. The van der Waals surface area contributed by atoms with Gasteiger partial charge in [0, 0.05) is 129 Å². The van der Waals surface area contributed by atoms with Crippen molar-refractivity contribution in [2.45, 2.75) is 363 Å². The standard InChI is InChI=1S/C100H171N9O32/c1-5-6-7-8-9-10-11-12-13-14-15-16-17-18-33-84(121)138-68-38-43-98(3)67(58-68)34-35-69-71-37-36-70(99(71,4)44-39-72(69)98)66(2)94(131)107-45-25-32-79(116)108-59-83(120)109-100(63-132-55-40-80(117)104-49-26-46-101-76(113)29-19-22-52-135-95-91(128)88(125)85(122)73(60-110)139-95,64-133-56-41-81(118)105-50-27-47-102-77(114)30-20-23-53-136-96-92(129)89(126)86(123)74(61-111)140-96)65-134-57-42-82(119)106-51-28-48-103-78(115)31-21-24-54-137-97-93(130)90(127)87(124)75(62-112)141-97/h8-9,11-12,34,66,68-75,85-93,95-97,110-112,122-130H,5-7,10,13-33,35-65H2,1-4H3,(H,101,113)(H,102,114)(H,103,115)(H,104,117)(H,105,118)(H,106,119)(H,107,131)(H,108,116)(H,109,120)/b9-8+,12-11+/t66-,68-,69-,70+,71-,72-,73+,74+,75+,85-,86-,87-,88-,89-,90-,91+,92+,93+,95+,96+,97+,98-,99+/m0/s1. The summed E-state index contributed by atoms with van der Waals surface area (Å²) in [5.41, 5.74) is -0.166. The number of allylic oxidation sites excluding steroid dienone is 5. The molecular weight excluding hydrogens is 1840 g/mol. The minimum absolute atomic E-state index is 0.0331. The van der Waals surface area contributed by atoms with Crippen LogP contribution in [-0.4, -0.2) is 356 Å². The van der Waals surface area contributed by atoms with E-state index in [4.69, 9.17) is 47.4 Å². The summed E-state index contributed by atoms with van der Waals surface area (Å²) < 4.78 is 57.1. The lowest BCUT2D eigenvalue weighted by atomic mass is 9.47. The van der Waals surface area contributed by atoms with E-state index in [0.717, 1.165) is 103 Å². The lowest BCUT2D eigenvalue weighted by molar-refractivity contribution is -0.301. The van der Waals surface area contributed by atoms with Gasteiger partial charge < -0.3 is 156 Å². The Morgan fingerprint density at radius 2 is 0.823 bits per heavy atom. The molecule has 23 atom stereocenters. The Morgan fingerprint density at radius 1 is 0.418 bits per heavy atom. The van der Waals surface area contributed by atoms with Gasteiger partial charge in [0.25, 0.3) is 0 Å². The molecule has 7 aliphatic rings. The highest BCUT2D eigenvalue weighted by Gasteiger charge is 2.60. The first-order valence-corrected chi connectivity index (χ1v) is 52.0. The normalized spacial score (nSPS) is 28.4. The topological polar surface area (TPSA) is 614 Å². The molecule has 0 bridgehead atoms. The molecule has 0 aromatic rings. The molecule has 141 heavy (non-hydrogen) atoms. The first kappa shape index (κ1) is 121. The highest BCUT2D eigenvalue weighted by Crippen LogP contribution is 2.67. The second kappa shape index (κ2) is 66.3. The highest BCUT2D eigenvalue weighted by molar-refractivity contribution is 5.85. The van der Waals surface area contributed by atoms with Crippen molar-refractivity contribution >= 4 is 59.1 Å². The summed E-state index contributed by atoms with van der Waals surface area (Å²) in [6, 6.07) is 0. The molecule has 7 rings (SSSR count). The van der Waals surface area contributed by atoms with E-state index in [2.05, 4.69) is 99.0 Å². The second-order valence-corrected chi connectivity index (χ2v) is 39.4. The molecule has 3 saturated heterocycles. The van der Waals surface area contributed by atoms with E-state index in [1.807, 2.05) is 6.92 Å². The first-order chi connectivity index (χ1) is 67.8. The van der Waals surface area contributed by atoms with Gasteiger partial charge in [0.15, 0.2) is 18.9 Å². The van der Waals surface area contributed by atoms with Crippen LogP contribution in [0.2, 0.25) is 0 Å². The zero-order valence-electron chi connectivity index (χ0n) is 83.6. The fourth-order valence-corrected chi connectivity index (χ4v) is 20.2. The molecule has 0 radical (unpaired) electrons. The van der Waals surface area contributed by atoms with Gasteiger partial charge in [-0.1, -0.05) is 95.8 Å². The predicted molar refractivity (Wildman–Crippen MR) is 514 cm³/mol. The molecule has 21 N–H and O–H groups in total. The molecule has 0 spiro atoms. The van der Waals surface area contributed by atoms with E-state index < -0.39 is 154 Å². The summed E-state index contributed by atoms with van der Waals surface area (Å²) in [5.74, 6) is -2.06. The number of rotatable bonds is 71. The second-order valence-electron chi connectivity index (χ2n) is 39.4. The SMILES string of the molecule is CCCC/C=C/C/C=C/CCCCCCCC(=O)O[C@H]1CC[C@@]2(C)C(=CC[C@H]3[C@@H]4CC[C@H]([C@H](C)C(=O)NCCCC(=O)NCC(=O)NC(COCCC(=O)NCCCNC(=O)CCCCO[C@@H]5O[C@H](CO)[C@H](O)[C@H](O)[C@H]5O)(COCCC(=O)NCCCNC(=O)CCCCO[C@@H]5O[C@H](CO)[C@H](O)[C@H](O)[C@H]5O)COCCC(=O)NCCCNC(=O)CCCCO[C@@H]5O[C@H](CO)[C@H](O)[C@H](O)[C@H]5O)[C@@]4(C)CC[C@@H]32)C1. The van der Waals surface area contributed by atoms with Gasteiger partial charge in [-0.3, -0.25) is 47.9 Å². The van der Waals surface area contributed by atoms with Crippen molar-refractivity contribution in [2.24, 2.45) is 40.4 Å². The smallest absolute Gasteiger partial charge is 0.306 e. The molecule has 4 aliphatic carbocycles. The third-order valence-electron chi connectivity index (χ3n) is 28.6. The molecular formula is C100H171N9O32. The molecule has 3 saturated carbocycles. The molecule has 41 nitrogen and oxygen atoms in total. The van der Waals surface area contributed by atoms with E-state index in [0.29, 0.717) is 82.0 Å². The minimum Gasteiger partial charge on any atom is -0.462 e. The molecule has 6 fully saturated rings. The van der Waals surface area contributed by atoms with Crippen molar-refractivity contribution < 1.29 is 157 Å². The van der Waals surface area contributed by atoms with E-state index in [1.54, 1.807) is 0 Å². The number of esters is 1. The van der Waals surface area contributed by atoms with Crippen LogP contribution in [0.25, 0.3) is 0 Å². The lowest BCUT2D eigenvalue weighted by Gasteiger charge is -2.58. The Bertz CT molecular complexity index is 3560. The summed E-state index contributed by atoms with van der Waals surface area (Å²) in [6.07, 6.45) is 12.8. The summed E-state index contributed by atoms with van der Waals surface area (Å²) in [4.78, 5) is 133. The maximum Gasteiger partial charge on any atom is 0.306 e. The maximum absolute atomic E-state index is 14.2. The van der Waals surface area contributed by atoms with Gasteiger partial charge in [0.1, 0.15) is 84.9 Å². The number of aliphatic hydroxyl groups is 12. The molecule has 808 valence electrons. The van der Waals surface area contributed by atoms with Gasteiger partial charge in [-0.25, -0.2) is 0 Å². The van der Waals surface area contributed by atoms with Crippen molar-refractivity contribution in [1.29, 1.82) is 0 Å². The van der Waals surface area contributed by atoms with Crippen molar-refractivity contribution in [1.82, 2.24) is 47.9 Å². The van der Waals surface area contributed by atoms with Crippen LogP contribution in [0.5, 0.6) is 0 Å². The monoisotopic (exact) mass is 2010 g/mol. The molecule has 9 amide bonds. The number of unbranched alkanes of at least 4 members (excludes halogenated alkanes) is 10. The van der Waals surface area contributed by atoms with E-state index >= 15 is 0 Å². The number of hydrogen-bond acceptors (Lipinski definition) is 32. The number of hydrogen-bond donors (Lipinski definition) is 21. The Kier molecular flexibility index (Phi) is 56.9. The van der Waals surface area contributed by atoms with Crippen LogP contribution < -0.4 is 47.9 Å². The fraction of sp³-hybridized carbons (Fsp3) is 0.840. The Labute approximate surface area is 830 Å². The average molecular weight is 2010 g/mol. The van der Waals surface area contributed by atoms with Crippen LogP contribution in [0.4, 0.5) is 0 Å². The molecule has 0 unspecified atom stereocenters. The summed E-state index contributed by atoms with van der Waals surface area (Å²) in [5, 5.41) is 145. The first-order valence-electron chi connectivity index (χ1n) is 52.0. The summed E-state index contributed by atoms with van der Waals surface area (Å²) >= 11 is 0. The number of aliphatic hydroxyl groups excluding tert-OH is 12. The zero-order valence-corrected chi connectivity index (χ0v) is 83.6. The predicted octanol–water partition coefficient (Wildman–Crippen LogP) is 1.45. The van der Waals surface area contributed by atoms with Crippen LogP contribution in [0.3, 0.4) is 0 Å². The van der Waals surface area contributed by atoms with Gasteiger partial charge in [0.05, 0.1) is 66.0 Å². The van der Waals surface area contributed by atoms with Crippen molar-refractivity contribution in [2.75, 3.05) is 132 Å². The molecule has 3 heterocycles. The van der Waals surface area contributed by atoms with Gasteiger partial charge in [-0.15, -0.1) is 0 Å². The number of nitrogens with one attached hydrogen (secondary N) is 9. The number of fused-ring (bicyclic) bond motifs is 5. The Morgan fingerprint density at radius 3 is 1.27 bits per heavy atom. The van der Waals surface area contributed by atoms with E-state index in [-0.39, 0.29) is 215 Å². The number of carbonyl (C=O) groups excluding carboxylic acids is 10. The Hall–Kier alpha value is -6.92. The number of ether oxygens (including phenoxy) is 10. The van der Waals surface area contributed by atoms with Gasteiger partial charge >= 0.3 is 5.97 Å². The van der Waals surface area contributed by atoms with Gasteiger partial charge in [-0.05, 0) is 176 Å². The average Bonchev–Trinajstić information content (AvgIpc) is 1.62. The Balaban J connectivity index is 0.883. The van der Waals surface area contributed by atoms with Crippen LogP contribution in [0, 0.1) is 40.4 Å². The third-order valence-corrected chi connectivity index (χ3v) is 28.6. The van der Waals surface area contributed by atoms with Crippen LogP contribution in [0.1, 0.15) is 259 Å². The quantitative estimate of drug-likeness (QED) is 0.0233. The van der Waals surface area contributed by atoms with Crippen LogP contribution >= 0.6 is 0 Å². The molecule has 0 aromatic heterocycles. The van der Waals surface area contributed by atoms with Crippen LogP contribution in [-0.2, 0) is 95.3 Å². The van der Waals surface area contributed by atoms with E-state index in [9.17, 15) is 109 Å². The zero-order chi connectivity index (χ0) is 103. The number of amides is 9. The third kappa shape index (κ3) is 41.7. The summed E-state index contributed by atoms with van der Waals surface area (Å²) in [6.45, 7) is 6.51. The lowest BCUT2D eigenvalue weighted by Crippen LogP contribution is -2.60. The van der Waals surface area contributed by atoms with Gasteiger partial charge in [0.2, 0.25) is 53.2 Å². The van der Waals surface area contributed by atoms with Crippen molar-refractivity contribution in [3.63, 3.8) is 0 Å². The number of carbonyl (C=O) groups is 10. The van der Waals surface area contributed by atoms with E-state index in [1.165, 1.54) is 18.4 Å². The van der Waals surface area contributed by atoms with Crippen LogP contribution in [0.15, 0.2) is 36.0 Å². The van der Waals surface area contributed by atoms with Crippen molar-refractivity contribution in [3.05, 3.63) is 36.0 Å². The molecule has 3 aliphatic heterocycles. The summed E-state index contributed by atoms with van der Waals surface area (Å²) in [7, 11) is 0. The van der Waals surface area contributed by atoms with Crippen molar-refractivity contribution in [3.8, 4) is 0 Å². The van der Waals surface area contributed by atoms with Gasteiger partial charge in [-0.2, -0.15) is 0 Å². The highest BCUT2D eigenvalue weighted by atomic mass is 16.7.